The Morgan fingerprint density at radius 3 is 2.65 bits per heavy atom. The van der Waals surface area contributed by atoms with E-state index in [0.29, 0.717) is 17.1 Å². The van der Waals surface area contributed by atoms with Crippen LogP contribution in [0.5, 0.6) is 5.75 Å². The van der Waals surface area contributed by atoms with Gasteiger partial charge in [0.2, 0.25) is 11.8 Å². The van der Waals surface area contributed by atoms with Crippen molar-refractivity contribution < 1.29 is 18.7 Å². The van der Waals surface area contributed by atoms with E-state index in [1.54, 1.807) is 37.4 Å². The number of fused-ring (bicyclic) bond motifs is 1. The molecule has 0 saturated carbocycles. The van der Waals surface area contributed by atoms with Crippen LogP contribution in [0.15, 0.2) is 71.9 Å². The quantitative estimate of drug-likeness (QED) is 0.684. The first-order chi connectivity index (χ1) is 15.0. The van der Waals surface area contributed by atoms with Crippen LogP contribution in [0.1, 0.15) is 12.0 Å². The second-order valence-electron chi connectivity index (χ2n) is 6.82. The normalized spacial score (nSPS) is 13.2. The number of nitrogens with one attached hydrogen (secondary N) is 1. The van der Waals surface area contributed by atoms with Gasteiger partial charge in [0.25, 0.3) is 0 Å². The van der Waals surface area contributed by atoms with Crippen molar-refractivity contribution >= 4 is 34.7 Å². The van der Waals surface area contributed by atoms with Gasteiger partial charge in [-0.15, -0.1) is 0 Å². The summed E-state index contributed by atoms with van der Waals surface area (Å²) in [5.74, 6) is -0.460. The van der Waals surface area contributed by atoms with Gasteiger partial charge < -0.3 is 10.1 Å². The molecule has 156 valence electrons. The van der Waals surface area contributed by atoms with Gasteiger partial charge in [0.1, 0.15) is 23.8 Å². The molecule has 2 heterocycles. The summed E-state index contributed by atoms with van der Waals surface area (Å²) in [4.78, 5) is 35.8. The number of hydrogen-bond donors (Lipinski definition) is 1. The smallest absolute Gasteiger partial charge is 0.244 e. The number of anilines is 2. The highest BCUT2D eigenvalue weighted by Gasteiger charge is 2.28. The van der Waals surface area contributed by atoms with E-state index >= 15 is 0 Å². The van der Waals surface area contributed by atoms with Crippen LogP contribution in [0.25, 0.3) is 0 Å². The summed E-state index contributed by atoms with van der Waals surface area (Å²) >= 11 is 0. The minimum atomic E-state index is -0.554. The van der Waals surface area contributed by atoms with Crippen LogP contribution in [0.3, 0.4) is 0 Å². The molecule has 0 spiro atoms. The molecule has 0 aliphatic carbocycles. The first-order valence-corrected chi connectivity index (χ1v) is 9.57. The lowest BCUT2D eigenvalue weighted by molar-refractivity contribution is -0.120. The topological polar surface area (TPSA) is 83.9 Å². The molecule has 1 aromatic heterocycles. The van der Waals surface area contributed by atoms with E-state index in [1.165, 1.54) is 29.3 Å². The standard InChI is InChI=1S/C23H19FN4O3/c1-31-16-10-8-15(9-11-16)20-13-22(30)28(23-19(26-20)7-4-12-25-23)14-21(29)27-18-6-3-2-5-17(18)24/h2-12H,13-14H2,1H3,(H,27,29). The highest BCUT2D eigenvalue weighted by atomic mass is 19.1. The van der Waals surface area contributed by atoms with Gasteiger partial charge in [-0.3, -0.25) is 14.5 Å². The van der Waals surface area contributed by atoms with Crippen molar-refractivity contribution in [2.45, 2.75) is 6.42 Å². The lowest BCUT2D eigenvalue weighted by atomic mass is 10.1. The number of amides is 2. The Morgan fingerprint density at radius 2 is 1.90 bits per heavy atom. The first kappa shape index (κ1) is 20.2. The number of carbonyl (C=O) groups excluding carboxylic acids is 2. The third kappa shape index (κ3) is 4.42. The largest absolute Gasteiger partial charge is 0.497 e. The van der Waals surface area contributed by atoms with Gasteiger partial charge in [-0.1, -0.05) is 12.1 Å². The van der Waals surface area contributed by atoms with Crippen LogP contribution >= 0.6 is 0 Å². The lowest BCUT2D eigenvalue weighted by Gasteiger charge is -2.20. The number of benzene rings is 2. The first-order valence-electron chi connectivity index (χ1n) is 9.57. The predicted octanol–water partition coefficient (Wildman–Crippen LogP) is 3.73. The number of rotatable bonds is 5. The summed E-state index contributed by atoms with van der Waals surface area (Å²) in [6.07, 6.45) is 1.51. The molecule has 0 saturated heterocycles. The average Bonchev–Trinajstić information content (AvgIpc) is 2.92. The van der Waals surface area contributed by atoms with Gasteiger partial charge in [0.15, 0.2) is 5.82 Å². The van der Waals surface area contributed by atoms with Gasteiger partial charge in [-0.25, -0.2) is 14.4 Å². The maximum Gasteiger partial charge on any atom is 0.244 e. The van der Waals surface area contributed by atoms with E-state index in [2.05, 4.69) is 15.3 Å². The molecule has 3 aromatic rings. The summed E-state index contributed by atoms with van der Waals surface area (Å²) in [5, 5.41) is 2.50. The molecule has 0 bridgehead atoms. The summed E-state index contributed by atoms with van der Waals surface area (Å²) in [7, 11) is 1.58. The number of aromatic nitrogens is 1. The Bertz CT molecular complexity index is 1160. The van der Waals surface area contributed by atoms with Gasteiger partial charge in [-0.05, 0) is 54.1 Å². The number of methoxy groups -OCH3 is 1. The van der Waals surface area contributed by atoms with E-state index in [4.69, 9.17) is 4.74 Å². The second-order valence-corrected chi connectivity index (χ2v) is 6.82. The Morgan fingerprint density at radius 1 is 1.13 bits per heavy atom. The molecule has 0 radical (unpaired) electrons. The van der Waals surface area contributed by atoms with Crippen molar-refractivity contribution in [3.05, 3.63) is 78.2 Å². The number of ether oxygens (including phenoxy) is 1. The van der Waals surface area contributed by atoms with Gasteiger partial charge in [-0.2, -0.15) is 0 Å². The Labute approximate surface area is 178 Å². The molecule has 1 aliphatic heterocycles. The molecule has 1 N–H and O–H groups in total. The summed E-state index contributed by atoms with van der Waals surface area (Å²) < 4.78 is 19.0. The number of pyridine rings is 1. The van der Waals surface area contributed by atoms with E-state index < -0.39 is 11.7 Å². The summed E-state index contributed by atoms with van der Waals surface area (Å²) in [5.41, 5.74) is 1.84. The van der Waals surface area contributed by atoms with Crippen molar-refractivity contribution in [2.75, 3.05) is 23.9 Å². The van der Waals surface area contributed by atoms with Crippen molar-refractivity contribution in [1.29, 1.82) is 0 Å². The maximum absolute atomic E-state index is 13.9. The van der Waals surface area contributed by atoms with Gasteiger partial charge in [0.05, 0.1) is 24.9 Å². The number of para-hydroxylation sites is 1. The molecule has 0 atom stereocenters. The summed E-state index contributed by atoms with van der Waals surface area (Å²) in [6, 6.07) is 16.5. The number of hydrogen-bond acceptors (Lipinski definition) is 5. The summed E-state index contributed by atoms with van der Waals surface area (Å²) in [6.45, 7) is -0.317. The number of nitrogens with zero attached hydrogens (tertiary/aromatic N) is 3. The highest BCUT2D eigenvalue weighted by Crippen LogP contribution is 2.31. The Balaban J connectivity index is 1.61. The maximum atomic E-state index is 13.9. The average molecular weight is 418 g/mol. The van der Waals surface area contributed by atoms with E-state index in [-0.39, 0.29) is 30.4 Å². The van der Waals surface area contributed by atoms with Crippen LogP contribution in [0.2, 0.25) is 0 Å². The van der Waals surface area contributed by atoms with Crippen LogP contribution in [-0.4, -0.2) is 36.2 Å². The fraction of sp³-hybridized carbons (Fsp3) is 0.130. The van der Waals surface area contributed by atoms with Gasteiger partial charge in [0, 0.05) is 6.20 Å². The minimum Gasteiger partial charge on any atom is -0.497 e. The zero-order valence-corrected chi connectivity index (χ0v) is 16.7. The minimum absolute atomic E-state index is 0.0182. The molecule has 7 nitrogen and oxygen atoms in total. The molecule has 1 aliphatic rings. The second kappa shape index (κ2) is 8.74. The van der Waals surface area contributed by atoms with Crippen LogP contribution in [-0.2, 0) is 9.59 Å². The molecular weight excluding hydrogens is 399 g/mol. The fourth-order valence-corrected chi connectivity index (χ4v) is 3.23. The zero-order valence-electron chi connectivity index (χ0n) is 16.7. The van der Waals surface area contributed by atoms with Crippen LogP contribution < -0.4 is 15.0 Å². The lowest BCUT2D eigenvalue weighted by Crippen LogP contribution is -2.39. The van der Waals surface area contributed by atoms with Crippen molar-refractivity contribution in [3.8, 4) is 5.75 Å². The third-order valence-corrected chi connectivity index (χ3v) is 4.77. The van der Waals surface area contributed by atoms with Crippen LogP contribution in [0.4, 0.5) is 21.6 Å². The molecule has 0 fully saturated rings. The molecular formula is C23H19FN4O3. The zero-order chi connectivity index (χ0) is 21.8. The molecule has 4 rings (SSSR count). The van der Waals surface area contributed by atoms with E-state index in [0.717, 1.165) is 5.56 Å². The van der Waals surface area contributed by atoms with Crippen molar-refractivity contribution in [1.82, 2.24) is 4.98 Å². The fourth-order valence-electron chi connectivity index (χ4n) is 3.23. The molecule has 2 amide bonds. The number of carbonyl (C=O) groups is 2. The Hall–Kier alpha value is -4.07. The SMILES string of the molecule is COc1ccc(C2=Nc3cccnc3N(CC(=O)Nc3ccccc3F)C(=O)C2)cc1. The Kier molecular flexibility index (Phi) is 5.70. The molecule has 31 heavy (non-hydrogen) atoms. The van der Waals surface area contributed by atoms with E-state index in [1.807, 2.05) is 12.1 Å². The monoisotopic (exact) mass is 418 g/mol. The van der Waals surface area contributed by atoms with Crippen molar-refractivity contribution in [3.63, 3.8) is 0 Å². The molecule has 0 unspecified atom stereocenters. The van der Waals surface area contributed by atoms with Crippen LogP contribution in [0, 0.1) is 5.82 Å². The third-order valence-electron chi connectivity index (χ3n) is 4.77. The van der Waals surface area contributed by atoms with E-state index in [9.17, 15) is 14.0 Å². The van der Waals surface area contributed by atoms with Gasteiger partial charge >= 0.3 is 0 Å². The van der Waals surface area contributed by atoms with Crippen molar-refractivity contribution in [2.24, 2.45) is 4.99 Å². The number of halogens is 1. The highest BCUT2D eigenvalue weighted by molar-refractivity contribution is 6.18. The number of aliphatic imine (C=N–C) groups is 1. The predicted molar refractivity (Wildman–Crippen MR) is 115 cm³/mol. The molecule has 8 heteroatoms. The molecule has 2 aromatic carbocycles.